The molecule has 0 unspecified atom stereocenters. The van der Waals surface area contributed by atoms with Gasteiger partial charge in [-0.1, -0.05) is 112 Å². The highest BCUT2D eigenvalue weighted by molar-refractivity contribution is 6.99. The van der Waals surface area contributed by atoms with Crippen molar-refractivity contribution in [2.45, 2.75) is 76.3 Å². The molecule has 3 aromatic rings. The smallest absolute Gasteiger partial charge is 0.429 e. The average molecular weight is 573 g/mol. The van der Waals surface area contributed by atoms with Crippen LogP contribution in [0.3, 0.4) is 0 Å². The first kappa shape index (κ1) is 29.3. The van der Waals surface area contributed by atoms with Gasteiger partial charge in [-0.05, 0) is 53.9 Å². The molecule has 3 atom stereocenters. The van der Waals surface area contributed by atoms with E-state index >= 15 is 0 Å². The third kappa shape index (κ3) is 5.64. The van der Waals surface area contributed by atoms with Crippen LogP contribution in [0.5, 0.6) is 0 Å². The van der Waals surface area contributed by atoms with Gasteiger partial charge in [0.2, 0.25) is 0 Å². The number of ether oxygens (including phenoxy) is 4. The molecule has 7 heteroatoms. The first-order valence-corrected chi connectivity index (χ1v) is 16.0. The van der Waals surface area contributed by atoms with Gasteiger partial charge in [-0.25, -0.2) is 4.79 Å². The van der Waals surface area contributed by atoms with E-state index in [0.29, 0.717) is 0 Å². The van der Waals surface area contributed by atoms with E-state index in [2.05, 4.69) is 69.3 Å². The van der Waals surface area contributed by atoms with E-state index < -0.39 is 37.6 Å². The lowest BCUT2D eigenvalue weighted by atomic mass is 9.93. The van der Waals surface area contributed by atoms with Crippen molar-refractivity contribution in [3.63, 3.8) is 0 Å². The number of rotatable bonds is 8. The molecule has 0 bridgehead atoms. The zero-order valence-electron chi connectivity index (χ0n) is 24.8. The van der Waals surface area contributed by atoms with Crippen molar-refractivity contribution < 1.29 is 28.2 Å². The Morgan fingerprint density at radius 2 is 1.37 bits per heavy atom. The molecule has 1 fully saturated rings. The molecule has 1 aliphatic carbocycles. The van der Waals surface area contributed by atoms with E-state index in [1.165, 1.54) is 10.4 Å². The summed E-state index contributed by atoms with van der Waals surface area (Å²) in [7, 11) is -2.86. The van der Waals surface area contributed by atoms with Crippen LogP contribution >= 0.6 is 0 Å². The Balaban J connectivity index is 1.44. The maximum atomic E-state index is 12.9. The number of hydrogen-bond acceptors (Lipinski definition) is 6. The minimum atomic E-state index is -2.86. The second-order valence-electron chi connectivity index (χ2n) is 12.6. The second kappa shape index (κ2) is 10.9. The number of hydrogen-bond donors (Lipinski definition) is 0. The van der Waals surface area contributed by atoms with E-state index in [4.69, 9.17) is 23.4 Å². The minimum Gasteiger partial charge on any atom is -0.429 e. The van der Waals surface area contributed by atoms with Gasteiger partial charge in [-0.3, -0.25) is 0 Å². The molecule has 0 amide bonds. The molecule has 0 N–H and O–H groups in total. The molecular formula is C34H40O6Si. The fourth-order valence-corrected chi connectivity index (χ4v) is 10.8. The monoisotopic (exact) mass is 572 g/mol. The normalized spacial score (nSPS) is 25.1. The topological polar surface area (TPSA) is 63.2 Å². The van der Waals surface area contributed by atoms with E-state index in [-0.39, 0.29) is 18.3 Å². The Morgan fingerprint density at radius 3 is 1.90 bits per heavy atom. The van der Waals surface area contributed by atoms with Crippen molar-refractivity contribution in [2.75, 3.05) is 6.61 Å². The van der Waals surface area contributed by atoms with Crippen LogP contribution in [-0.4, -0.2) is 44.2 Å². The summed E-state index contributed by atoms with van der Waals surface area (Å²) in [4.78, 5) is 12.9. The summed E-state index contributed by atoms with van der Waals surface area (Å²) in [5, 5.41) is 2.14. The molecule has 1 heterocycles. The van der Waals surface area contributed by atoms with E-state index in [9.17, 15) is 4.79 Å². The van der Waals surface area contributed by atoms with Gasteiger partial charge in [0.05, 0.1) is 6.61 Å². The van der Waals surface area contributed by atoms with Crippen LogP contribution in [-0.2, 0) is 30.0 Å². The molecular weight excluding hydrogens is 532 g/mol. The molecule has 41 heavy (non-hydrogen) atoms. The van der Waals surface area contributed by atoms with Gasteiger partial charge in [-0.15, -0.1) is 0 Å². The Labute approximate surface area is 244 Å². The van der Waals surface area contributed by atoms with E-state index in [1.807, 2.05) is 75.4 Å². The molecule has 3 aromatic carbocycles. The lowest BCUT2D eigenvalue weighted by molar-refractivity contribution is -0.171. The maximum Gasteiger partial charge on any atom is 0.509 e. The SMILES string of the molecule is CC1(C)O[C@H]2[C@@](C)(OC(=O)OCc3ccccc3)C=C[C@@]2(CO[Si](c2ccccc2)(c2ccccc2)C(C)(C)C)O1. The quantitative estimate of drug-likeness (QED) is 0.184. The fourth-order valence-electron chi connectivity index (χ4n) is 6.19. The van der Waals surface area contributed by atoms with Crippen molar-refractivity contribution in [1.82, 2.24) is 0 Å². The zero-order chi connectivity index (χ0) is 29.4. The number of benzene rings is 3. The van der Waals surface area contributed by atoms with Crippen molar-refractivity contribution in [2.24, 2.45) is 0 Å². The molecule has 0 aromatic heterocycles. The van der Waals surface area contributed by atoms with Gasteiger partial charge >= 0.3 is 6.16 Å². The van der Waals surface area contributed by atoms with Gasteiger partial charge in [0.1, 0.15) is 18.3 Å². The van der Waals surface area contributed by atoms with Gasteiger partial charge < -0.3 is 23.4 Å². The highest BCUT2D eigenvalue weighted by atomic mass is 28.4. The van der Waals surface area contributed by atoms with Crippen molar-refractivity contribution in [3.05, 3.63) is 109 Å². The third-order valence-corrected chi connectivity index (χ3v) is 12.9. The van der Waals surface area contributed by atoms with Gasteiger partial charge in [0, 0.05) is 0 Å². The molecule has 0 radical (unpaired) electrons. The van der Waals surface area contributed by atoms with E-state index in [1.54, 1.807) is 0 Å². The van der Waals surface area contributed by atoms with Crippen molar-refractivity contribution in [3.8, 4) is 0 Å². The molecule has 0 saturated carbocycles. The van der Waals surface area contributed by atoms with Crippen LogP contribution < -0.4 is 10.4 Å². The zero-order valence-corrected chi connectivity index (χ0v) is 25.8. The molecule has 5 rings (SSSR count). The molecule has 1 aliphatic heterocycles. The number of carbonyl (C=O) groups excluding carboxylic acids is 1. The molecule has 216 valence electrons. The maximum absolute atomic E-state index is 12.9. The first-order valence-electron chi connectivity index (χ1n) is 14.1. The summed E-state index contributed by atoms with van der Waals surface area (Å²) >= 11 is 0. The van der Waals surface area contributed by atoms with Gasteiger partial charge in [0.25, 0.3) is 8.32 Å². The first-order chi connectivity index (χ1) is 19.4. The summed E-state index contributed by atoms with van der Waals surface area (Å²) < 4.78 is 31.7. The summed E-state index contributed by atoms with van der Waals surface area (Å²) in [6.45, 7) is 12.6. The number of carbonyl (C=O) groups is 1. The fraction of sp³-hybridized carbons (Fsp3) is 0.382. The van der Waals surface area contributed by atoms with Crippen LogP contribution in [0.1, 0.15) is 47.1 Å². The Kier molecular flexibility index (Phi) is 7.76. The van der Waals surface area contributed by atoms with Gasteiger partial charge in [0.15, 0.2) is 11.4 Å². The van der Waals surface area contributed by atoms with Crippen LogP contribution in [0.4, 0.5) is 4.79 Å². The summed E-state index contributed by atoms with van der Waals surface area (Å²) in [5.74, 6) is -0.914. The Morgan fingerprint density at radius 1 is 0.829 bits per heavy atom. The molecule has 6 nitrogen and oxygen atoms in total. The summed E-state index contributed by atoms with van der Waals surface area (Å²) in [6, 6.07) is 30.5. The standard InChI is InChI=1S/C34H40O6Si/c1-31(2,3)41(27-18-12-8-13-19-27,28-20-14-9-15-21-28)37-25-34-23-22-33(6,29(34)38-32(4,5)40-34)39-30(35)36-24-26-16-10-7-11-17-26/h7-23,29H,24-25H2,1-6H3/t29-,33-,34-/m0/s1. The van der Waals surface area contributed by atoms with Crippen molar-refractivity contribution in [1.29, 1.82) is 0 Å². The predicted octanol–water partition coefficient (Wildman–Crippen LogP) is 6.14. The number of fused-ring (bicyclic) bond motifs is 1. The lowest BCUT2D eigenvalue weighted by Gasteiger charge is -2.45. The van der Waals surface area contributed by atoms with E-state index in [0.717, 1.165) is 5.56 Å². The largest absolute Gasteiger partial charge is 0.509 e. The highest BCUT2D eigenvalue weighted by Crippen LogP contribution is 2.49. The molecule has 1 saturated heterocycles. The summed E-state index contributed by atoms with van der Waals surface area (Å²) in [6.07, 6.45) is 2.38. The Bertz CT molecular complexity index is 1330. The highest BCUT2D eigenvalue weighted by Gasteiger charge is 2.65. The lowest BCUT2D eigenvalue weighted by Crippen LogP contribution is -2.68. The third-order valence-electron chi connectivity index (χ3n) is 7.93. The van der Waals surface area contributed by atoms with Crippen LogP contribution in [0.15, 0.2) is 103 Å². The van der Waals surface area contributed by atoms with Crippen LogP contribution in [0.25, 0.3) is 0 Å². The van der Waals surface area contributed by atoms with Crippen LogP contribution in [0, 0.1) is 0 Å². The second-order valence-corrected chi connectivity index (χ2v) is 16.9. The minimum absolute atomic E-state index is 0.120. The van der Waals surface area contributed by atoms with Crippen molar-refractivity contribution >= 4 is 24.8 Å². The molecule has 2 aliphatic rings. The van der Waals surface area contributed by atoms with Crippen LogP contribution in [0.2, 0.25) is 5.04 Å². The predicted molar refractivity (Wildman–Crippen MR) is 162 cm³/mol. The van der Waals surface area contributed by atoms with Gasteiger partial charge in [-0.2, -0.15) is 0 Å². The summed E-state index contributed by atoms with van der Waals surface area (Å²) in [5.41, 5.74) is -1.20. The molecule has 0 spiro atoms. The Hall–Kier alpha value is -3.23. The average Bonchev–Trinajstić information content (AvgIpc) is 3.36.